The molecule has 1 amide bonds. The van der Waals surface area contributed by atoms with Gasteiger partial charge < -0.3 is 47.9 Å². The Morgan fingerprint density at radius 3 is 2.20 bits per heavy atom. The molecule has 0 spiro atoms. The van der Waals surface area contributed by atoms with Crippen molar-refractivity contribution in [3.63, 3.8) is 0 Å². The number of ether oxygens (including phenoxy) is 8. The zero-order valence-electron chi connectivity index (χ0n) is 45.1. The third kappa shape index (κ3) is 17.3. The first-order valence-corrected chi connectivity index (χ1v) is 26.2. The number of methoxy groups -OCH3 is 5. The predicted octanol–water partition coefficient (Wildman–Crippen LogP) is 7.90. The van der Waals surface area contributed by atoms with E-state index < -0.39 is 72.2 Å². The van der Waals surface area contributed by atoms with Crippen molar-refractivity contribution in [3.8, 4) is 0 Å². The number of nitrogens with zero attached hydrogens (tertiary/aromatic N) is 1. The van der Waals surface area contributed by atoms with E-state index in [4.69, 9.17) is 37.9 Å². The minimum Gasteiger partial charge on any atom is -0.460 e. The van der Waals surface area contributed by atoms with Gasteiger partial charge in [-0.25, -0.2) is 4.79 Å². The third-order valence-corrected chi connectivity index (χ3v) is 15.6. The number of Topliss-reactive ketones (excluding diaryl/α,β-unsaturated/α-hetero) is 3. The highest BCUT2D eigenvalue weighted by Crippen LogP contribution is 2.38. The molecule has 3 aliphatic heterocycles. The number of aliphatic hydroxyl groups is 1. The summed E-state index contributed by atoms with van der Waals surface area (Å²) in [5.74, 6) is -6.07. The molecule has 15 nitrogen and oxygen atoms in total. The van der Waals surface area contributed by atoms with E-state index in [1.165, 1.54) is 19.1 Å². The Kier molecular flexibility index (Phi) is 25.0. The van der Waals surface area contributed by atoms with E-state index >= 15 is 0 Å². The lowest BCUT2D eigenvalue weighted by atomic mass is 9.78. The van der Waals surface area contributed by atoms with Gasteiger partial charge in [0.1, 0.15) is 30.1 Å². The summed E-state index contributed by atoms with van der Waals surface area (Å²) < 4.78 is 47.5. The highest BCUT2D eigenvalue weighted by molar-refractivity contribution is 6.36. The number of piperidine rings is 1. The summed E-state index contributed by atoms with van der Waals surface area (Å²) in [6.45, 7) is 14.4. The lowest BCUT2D eigenvalue weighted by Gasteiger charge is -2.43. The minimum absolute atomic E-state index is 0.0671. The van der Waals surface area contributed by atoms with Crippen molar-refractivity contribution < 1.29 is 67.0 Å². The van der Waals surface area contributed by atoms with E-state index in [1.807, 2.05) is 65.0 Å². The summed E-state index contributed by atoms with van der Waals surface area (Å²) >= 11 is 0. The molecule has 15 atom stereocenters. The van der Waals surface area contributed by atoms with Crippen LogP contribution in [0.5, 0.6) is 0 Å². The lowest BCUT2D eigenvalue weighted by Crippen LogP contribution is -2.54. The first-order valence-electron chi connectivity index (χ1n) is 26.2. The summed E-state index contributed by atoms with van der Waals surface area (Å²) in [5.41, 5.74) is 1.59. The number of fused-ring (bicyclic) bond motifs is 3. The van der Waals surface area contributed by atoms with Crippen molar-refractivity contribution in [2.45, 2.75) is 186 Å². The maximum atomic E-state index is 14.5. The van der Waals surface area contributed by atoms with E-state index in [0.717, 1.165) is 24.8 Å². The number of hydrogen-bond donors (Lipinski definition) is 1. The summed E-state index contributed by atoms with van der Waals surface area (Å²) in [4.78, 5) is 72.3. The van der Waals surface area contributed by atoms with Crippen molar-refractivity contribution >= 4 is 29.2 Å². The molecule has 71 heavy (non-hydrogen) atoms. The van der Waals surface area contributed by atoms with E-state index in [0.29, 0.717) is 63.7 Å². The number of rotatable bonds is 11. The normalized spacial score (nSPS) is 38.2. The number of amides is 1. The Balaban J connectivity index is 1.69. The Hall–Kier alpha value is -3.41. The summed E-state index contributed by atoms with van der Waals surface area (Å²) in [7, 11) is 7.94. The van der Waals surface area contributed by atoms with Crippen molar-refractivity contribution in [3.05, 3.63) is 47.6 Å². The highest BCUT2D eigenvalue weighted by Gasteiger charge is 2.47. The Labute approximate surface area is 424 Å². The molecule has 4 aliphatic rings. The van der Waals surface area contributed by atoms with Crippen LogP contribution in [0.2, 0.25) is 0 Å². The Bertz CT molecular complexity index is 1860. The van der Waals surface area contributed by atoms with Crippen LogP contribution >= 0.6 is 0 Å². The topological polar surface area (TPSA) is 183 Å². The second-order valence-corrected chi connectivity index (χ2v) is 21.1. The van der Waals surface area contributed by atoms with Crippen LogP contribution < -0.4 is 0 Å². The molecule has 1 aliphatic carbocycles. The molecule has 0 aromatic heterocycles. The molecule has 15 heteroatoms. The second kappa shape index (κ2) is 29.5. The van der Waals surface area contributed by atoms with Crippen LogP contribution in [0.1, 0.15) is 132 Å². The smallest absolute Gasteiger partial charge is 0.329 e. The average molecular weight is 1000 g/mol. The number of cyclic esters (lactones) is 1. The van der Waals surface area contributed by atoms with Gasteiger partial charge in [-0.3, -0.25) is 19.2 Å². The van der Waals surface area contributed by atoms with Crippen LogP contribution in [-0.2, 0) is 61.9 Å². The fourth-order valence-corrected chi connectivity index (χ4v) is 11.1. The number of hydrogen-bond acceptors (Lipinski definition) is 14. The van der Waals surface area contributed by atoms with E-state index in [2.05, 4.69) is 6.92 Å². The molecule has 2 bridgehead atoms. The van der Waals surface area contributed by atoms with Gasteiger partial charge in [0.05, 0.1) is 44.1 Å². The van der Waals surface area contributed by atoms with Crippen LogP contribution in [0.25, 0.3) is 0 Å². The van der Waals surface area contributed by atoms with Crippen LogP contribution in [-0.4, -0.2) is 149 Å². The van der Waals surface area contributed by atoms with Gasteiger partial charge in [0.2, 0.25) is 5.78 Å². The fraction of sp³-hybridized carbons (Fsp3) is 0.768. The Morgan fingerprint density at radius 2 is 1.52 bits per heavy atom. The Morgan fingerprint density at radius 1 is 0.789 bits per heavy atom. The van der Waals surface area contributed by atoms with Gasteiger partial charge in [-0.05, 0) is 107 Å². The molecular formula is C56H89NO14. The first-order chi connectivity index (χ1) is 33.8. The first kappa shape index (κ1) is 60.1. The standard InChI is InChI=1S/C56H89NO14/c1-35-18-14-13-15-19-36(2)48(65-9)32-43-23-21-41(7)56(63,71-43)34-46(59)54(61)57-25-17-16-20-44(57)55(62)70-49(38(4)30-42-22-24-47(50(31-42)66-10)69-27-26-64-8)33-45(58)37(3)29-40(6)52(67-11)53(68-12)51(60)39(5)28-35/h13-15,18-19,29,35,37-39,41-44,47-50,52-53,63H,16-17,20-28,30-34H2,1-12H3/b15-13+,18-14+,36-19+,40-29+/t35-,37-,38-,39-,41-,42+,43+,44+,47-,48+,49+,50-,52-,53+,56+/m1/s1. The second-order valence-electron chi connectivity index (χ2n) is 21.1. The highest BCUT2D eigenvalue weighted by atomic mass is 16.6. The maximum Gasteiger partial charge on any atom is 0.329 e. The zero-order chi connectivity index (χ0) is 52.4. The number of ketones is 3. The largest absolute Gasteiger partial charge is 0.460 e. The number of carbonyl (C=O) groups is 5. The molecule has 0 aromatic rings. The molecule has 2 saturated heterocycles. The van der Waals surface area contributed by atoms with Crippen molar-refractivity contribution in [2.75, 3.05) is 55.3 Å². The zero-order valence-corrected chi connectivity index (χ0v) is 45.1. The third-order valence-electron chi connectivity index (χ3n) is 15.6. The maximum absolute atomic E-state index is 14.5. The lowest BCUT2D eigenvalue weighted by molar-refractivity contribution is -0.282. The van der Waals surface area contributed by atoms with Gasteiger partial charge in [-0.1, -0.05) is 71.1 Å². The summed E-state index contributed by atoms with van der Waals surface area (Å²) in [6, 6.07) is -1.06. The average Bonchev–Trinajstić information content (AvgIpc) is 3.34. The number of allylic oxidation sites excluding steroid dienone is 6. The minimum atomic E-state index is -1.91. The van der Waals surface area contributed by atoms with Crippen molar-refractivity contribution in [1.82, 2.24) is 4.90 Å². The molecule has 0 radical (unpaired) electrons. The van der Waals surface area contributed by atoms with Crippen LogP contribution in [0.15, 0.2) is 47.6 Å². The van der Waals surface area contributed by atoms with Crippen LogP contribution in [0.3, 0.4) is 0 Å². The summed E-state index contributed by atoms with van der Waals surface area (Å²) in [5, 5.41) is 11.9. The van der Waals surface area contributed by atoms with Crippen molar-refractivity contribution in [2.24, 2.45) is 35.5 Å². The molecular weight excluding hydrogens is 911 g/mol. The van der Waals surface area contributed by atoms with E-state index in [1.54, 1.807) is 34.3 Å². The van der Waals surface area contributed by atoms with Gasteiger partial charge in [0.25, 0.3) is 5.91 Å². The molecule has 0 aromatic carbocycles. The van der Waals surface area contributed by atoms with Gasteiger partial charge >= 0.3 is 5.97 Å². The monoisotopic (exact) mass is 1000 g/mol. The van der Waals surface area contributed by atoms with Crippen molar-refractivity contribution in [1.29, 1.82) is 0 Å². The molecule has 3 fully saturated rings. The van der Waals surface area contributed by atoms with E-state index in [-0.39, 0.29) is 72.9 Å². The van der Waals surface area contributed by atoms with Gasteiger partial charge in [-0.2, -0.15) is 0 Å². The van der Waals surface area contributed by atoms with Gasteiger partial charge in [-0.15, -0.1) is 0 Å². The fourth-order valence-electron chi connectivity index (χ4n) is 11.1. The molecule has 0 unspecified atom stereocenters. The number of carbonyl (C=O) groups excluding carboxylic acids is 5. The van der Waals surface area contributed by atoms with Crippen LogP contribution in [0.4, 0.5) is 0 Å². The molecule has 1 N–H and O–H groups in total. The van der Waals surface area contributed by atoms with Crippen LogP contribution in [0, 0.1) is 35.5 Å². The quantitative estimate of drug-likeness (QED) is 0.0913. The van der Waals surface area contributed by atoms with E-state index in [9.17, 15) is 29.1 Å². The molecule has 4 rings (SSSR count). The predicted molar refractivity (Wildman–Crippen MR) is 270 cm³/mol. The summed E-state index contributed by atoms with van der Waals surface area (Å²) in [6.07, 6.45) is 14.0. The molecule has 1 saturated carbocycles. The number of esters is 1. The molecule has 3 heterocycles. The SMILES string of the molecule is COCCO[C@@H]1CC[C@@H](C[C@@H](C)[C@@H]2CC(=O)[C@H](C)/C=C(\C)[C@@H](OC)[C@@H](OC)C(=O)[C@H](C)C[C@H](C)/C=C/C=C/C=C(\C)[C@@H](OC)C[C@@H]3CC[C@@H](C)[C@](O)(CC(=O)C(=O)N4CCCC[C@H]4C(=O)O2)O3)C[C@H]1OC. The molecule has 402 valence electrons. The van der Waals surface area contributed by atoms with Gasteiger partial charge in [0.15, 0.2) is 11.6 Å². The van der Waals surface area contributed by atoms with Gasteiger partial charge in [0, 0.05) is 72.7 Å².